The van der Waals surface area contributed by atoms with E-state index in [9.17, 15) is 18.0 Å². The summed E-state index contributed by atoms with van der Waals surface area (Å²) < 4.78 is 41.3. The number of benzene rings is 1. The van der Waals surface area contributed by atoms with Crippen LogP contribution in [0.4, 0.5) is 13.2 Å². The number of alkyl halides is 3. The van der Waals surface area contributed by atoms with E-state index in [1.807, 2.05) is 6.07 Å². The van der Waals surface area contributed by atoms with Crippen LogP contribution in [0.25, 0.3) is 0 Å². The van der Waals surface area contributed by atoms with Crippen LogP contribution in [-0.2, 0) is 4.79 Å². The molecule has 5 nitrogen and oxygen atoms in total. The lowest BCUT2D eigenvalue weighted by Gasteiger charge is -2.36. The molecular weight excluding hydrogens is 333 g/mol. The van der Waals surface area contributed by atoms with E-state index >= 15 is 0 Å². The van der Waals surface area contributed by atoms with E-state index in [4.69, 9.17) is 16.3 Å². The van der Waals surface area contributed by atoms with E-state index in [-0.39, 0.29) is 23.5 Å². The van der Waals surface area contributed by atoms with E-state index in [1.165, 1.54) is 24.3 Å². The standard InChI is InChI=1S/C17H19F3N4O/c1-11(2)9-14(16(23)25)24(8-7-21)15(17(18,19)20)13-5-3-12(10-22)4-6-13/h3-6,11,14-15H,8-9H2,1-2H3,(H2,23,25)/t14-,15-/m0/s1. The highest BCUT2D eigenvalue weighted by Crippen LogP contribution is 2.39. The molecule has 0 heterocycles. The summed E-state index contributed by atoms with van der Waals surface area (Å²) in [6, 6.07) is 4.99. The predicted octanol–water partition coefficient (Wildman–Crippen LogP) is 2.89. The van der Waals surface area contributed by atoms with Gasteiger partial charge in [-0.25, -0.2) is 0 Å². The van der Waals surface area contributed by atoms with E-state index < -0.39 is 30.7 Å². The number of hydrogen-bond acceptors (Lipinski definition) is 4. The van der Waals surface area contributed by atoms with Gasteiger partial charge < -0.3 is 5.73 Å². The normalized spacial score (nSPS) is 14.0. The third-order valence-corrected chi connectivity index (χ3v) is 3.67. The van der Waals surface area contributed by atoms with Crippen molar-refractivity contribution in [2.24, 2.45) is 11.7 Å². The molecule has 0 spiro atoms. The molecule has 0 aromatic heterocycles. The van der Waals surface area contributed by atoms with Crippen LogP contribution in [0, 0.1) is 28.6 Å². The van der Waals surface area contributed by atoms with Gasteiger partial charge in [0.15, 0.2) is 0 Å². The maximum absolute atomic E-state index is 13.8. The molecule has 0 saturated carbocycles. The monoisotopic (exact) mass is 352 g/mol. The van der Waals surface area contributed by atoms with Crippen LogP contribution < -0.4 is 5.73 Å². The van der Waals surface area contributed by atoms with Gasteiger partial charge in [-0.05, 0) is 30.0 Å². The second-order valence-corrected chi connectivity index (χ2v) is 6.06. The lowest BCUT2D eigenvalue weighted by atomic mass is 9.96. The predicted molar refractivity (Wildman–Crippen MR) is 84.7 cm³/mol. The van der Waals surface area contributed by atoms with Crippen LogP contribution in [0.15, 0.2) is 24.3 Å². The van der Waals surface area contributed by atoms with Crippen molar-refractivity contribution >= 4 is 5.91 Å². The van der Waals surface area contributed by atoms with Crippen LogP contribution in [0.5, 0.6) is 0 Å². The number of hydrogen-bond donors (Lipinski definition) is 1. The number of halogens is 3. The minimum Gasteiger partial charge on any atom is -0.368 e. The Hall–Kier alpha value is -2.58. The Morgan fingerprint density at radius 3 is 2.16 bits per heavy atom. The Bertz CT molecular complexity index is 671. The number of amides is 1. The van der Waals surface area contributed by atoms with Crippen LogP contribution in [0.2, 0.25) is 0 Å². The van der Waals surface area contributed by atoms with Gasteiger partial charge >= 0.3 is 6.18 Å². The number of rotatable bonds is 7. The third-order valence-electron chi connectivity index (χ3n) is 3.67. The highest BCUT2D eigenvalue weighted by atomic mass is 19.4. The van der Waals surface area contributed by atoms with Gasteiger partial charge in [-0.2, -0.15) is 23.7 Å². The van der Waals surface area contributed by atoms with Crippen molar-refractivity contribution in [2.45, 2.75) is 38.5 Å². The Balaban J connectivity index is 3.42. The van der Waals surface area contributed by atoms with Crippen molar-refractivity contribution in [3.8, 4) is 12.1 Å². The average Bonchev–Trinajstić information content (AvgIpc) is 2.51. The fraction of sp³-hybridized carbons (Fsp3) is 0.471. The number of nitrogens with zero attached hydrogens (tertiary/aromatic N) is 3. The summed E-state index contributed by atoms with van der Waals surface area (Å²) in [5, 5.41) is 17.8. The minimum atomic E-state index is -4.73. The summed E-state index contributed by atoms with van der Waals surface area (Å²) in [7, 11) is 0. The number of primary amides is 1. The van der Waals surface area contributed by atoms with Gasteiger partial charge in [0.2, 0.25) is 5.91 Å². The maximum atomic E-state index is 13.8. The molecule has 134 valence electrons. The molecule has 0 fully saturated rings. The molecule has 0 radical (unpaired) electrons. The zero-order valence-electron chi connectivity index (χ0n) is 13.9. The van der Waals surface area contributed by atoms with Crippen molar-refractivity contribution in [2.75, 3.05) is 6.54 Å². The van der Waals surface area contributed by atoms with Gasteiger partial charge in [-0.1, -0.05) is 26.0 Å². The van der Waals surface area contributed by atoms with Crippen LogP contribution in [-0.4, -0.2) is 29.6 Å². The van der Waals surface area contributed by atoms with Gasteiger partial charge in [0.25, 0.3) is 0 Å². The summed E-state index contributed by atoms with van der Waals surface area (Å²) in [4.78, 5) is 12.6. The zero-order valence-corrected chi connectivity index (χ0v) is 13.9. The lowest BCUT2D eigenvalue weighted by Crippen LogP contribution is -2.51. The summed E-state index contributed by atoms with van der Waals surface area (Å²) in [6.07, 6.45) is -4.63. The maximum Gasteiger partial charge on any atom is 0.408 e. The highest BCUT2D eigenvalue weighted by Gasteiger charge is 2.47. The fourth-order valence-electron chi connectivity index (χ4n) is 2.63. The average molecular weight is 352 g/mol. The largest absolute Gasteiger partial charge is 0.408 e. The molecule has 2 atom stereocenters. The first-order valence-corrected chi connectivity index (χ1v) is 7.60. The summed E-state index contributed by atoms with van der Waals surface area (Å²) in [6.45, 7) is 2.90. The highest BCUT2D eigenvalue weighted by molar-refractivity contribution is 5.80. The third kappa shape index (κ3) is 5.47. The summed E-state index contributed by atoms with van der Waals surface area (Å²) in [5.41, 5.74) is 5.38. The lowest BCUT2D eigenvalue weighted by molar-refractivity contribution is -0.192. The Labute approximate surface area is 144 Å². The zero-order chi connectivity index (χ0) is 19.2. The molecule has 8 heteroatoms. The first-order valence-electron chi connectivity index (χ1n) is 7.60. The van der Waals surface area contributed by atoms with Gasteiger partial charge in [0.05, 0.1) is 30.3 Å². The van der Waals surface area contributed by atoms with Crippen LogP contribution in [0.3, 0.4) is 0 Å². The Morgan fingerprint density at radius 2 is 1.80 bits per heavy atom. The smallest absolute Gasteiger partial charge is 0.368 e. The number of carbonyl (C=O) groups is 1. The molecule has 0 saturated heterocycles. The van der Waals surface area contributed by atoms with Gasteiger partial charge in [0, 0.05) is 0 Å². The summed E-state index contributed by atoms with van der Waals surface area (Å²) >= 11 is 0. The van der Waals surface area contributed by atoms with Crippen molar-refractivity contribution in [3.05, 3.63) is 35.4 Å². The first kappa shape index (κ1) is 20.5. The Morgan fingerprint density at radius 1 is 1.24 bits per heavy atom. The van der Waals surface area contributed by atoms with Crippen molar-refractivity contribution in [1.82, 2.24) is 4.90 Å². The topological polar surface area (TPSA) is 93.9 Å². The molecule has 2 N–H and O–H groups in total. The number of carbonyl (C=O) groups excluding carboxylic acids is 1. The van der Waals surface area contributed by atoms with E-state index in [0.29, 0.717) is 0 Å². The number of nitriles is 2. The van der Waals surface area contributed by atoms with Gasteiger partial charge in [-0.15, -0.1) is 0 Å². The van der Waals surface area contributed by atoms with Crippen molar-refractivity contribution in [1.29, 1.82) is 10.5 Å². The van der Waals surface area contributed by atoms with E-state index in [2.05, 4.69) is 0 Å². The molecule has 0 unspecified atom stereocenters. The van der Waals surface area contributed by atoms with E-state index in [0.717, 1.165) is 4.90 Å². The van der Waals surface area contributed by atoms with Crippen LogP contribution >= 0.6 is 0 Å². The van der Waals surface area contributed by atoms with Gasteiger partial charge in [0.1, 0.15) is 6.04 Å². The van der Waals surface area contributed by atoms with Crippen molar-refractivity contribution in [3.63, 3.8) is 0 Å². The first-order chi connectivity index (χ1) is 11.6. The van der Waals surface area contributed by atoms with Crippen LogP contribution in [0.1, 0.15) is 37.4 Å². The van der Waals surface area contributed by atoms with Gasteiger partial charge in [-0.3, -0.25) is 9.69 Å². The van der Waals surface area contributed by atoms with E-state index in [1.54, 1.807) is 19.9 Å². The molecule has 1 aromatic carbocycles. The SMILES string of the molecule is CC(C)C[C@@H](C(N)=O)N(CC#N)[C@@H](c1ccc(C#N)cc1)C(F)(F)F. The molecule has 25 heavy (non-hydrogen) atoms. The molecule has 1 amide bonds. The molecular formula is C17H19F3N4O. The quantitative estimate of drug-likeness (QED) is 0.764. The molecule has 1 aromatic rings. The second-order valence-electron chi connectivity index (χ2n) is 6.06. The molecule has 0 aliphatic carbocycles. The molecule has 1 rings (SSSR count). The molecule has 0 aliphatic rings. The summed E-state index contributed by atoms with van der Waals surface area (Å²) in [5.74, 6) is -1.000. The minimum absolute atomic E-state index is 0.0893. The molecule has 0 bridgehead atoms. The second kappa shape index (κ2) is 8.50. The van der Waals surface area contributed by atoms with Crippen molar-refractivity contribution < 1.29 is 18.0 Å². The fourth-order valence-corrected chi connectivity index (χ4v) is 2.63. The molecule has 0 aliphatic heterocycles. The number of nitrogens with two attached hydrogens (primary N) is 1. The Kier molecular flexibility index (Phi) is 6.96.